The summed E-state index contributed by atoms with van der Waals surface area (Å²) in [6.07, 6.45) is 0. The van der Waals surface area contributed by atoms with Crippen LogP contribution >= 0.6 is 40.5 Å². The summed E-state index contributed by atoms with van der Waals surface area (Å²) in [6, 6.07) is 0. The molecule has 0 unspecified atom stereocenters. The Balaban J connectivity index is 0. The smallest absolute Gasteiger partial charge is 0.0776 e. The van der Waals surface area contributed by atoms with E-state index in [4.69, 9.17) is 0 Å². The molecule has 0 spiro atoms. The topological polar surface area (TPSA) is 0 Å². The lowest BCUT2D eigenvalue weighted by molar-refractivity contribution is 2.50. The fraction of sp³-hybridized carbons (Fsp3) is 1.00. The van der Waals surface area contributed by atoms with Gasteiger partial charge in [-0.3, -0.25) is 0 Å². The van der Waals surface area contributed by atoms with Crippen molar-refractivity contribution >= 4 is 40.5 Å². The van der Waals surface area contributed by atoms with Crippen LogP contribution in [0.15, 0.2) is 0 Å². The Hall–Kier alpha value is 1.05. The Kier molecular flexibility index (Phi) is 75600. The van der Waals surface area contributed by atoms with Crippen molar-refractivity contribution in [3.63, 3.8) is 0 Å². The zero-order valence-electron chi connectivity index (χ0n) is 1.50. The van der Waals surface area contributed by atoms with Gasteiger partial charge < -0.3 is 0 Å². The van der Waals surface area contributed by atoms with Crippen molar-refractivity contribution < 1.29 is 0 Å². The molecule has 0 atom stereocenters. The molecule has 0 aliphatic carbocycles. The second kappa shape index (κ2) is 747. The standard InChI is InChI=1S/7CH4.3H2S/h7*1H4;3*1H2. The Morgan fingerprint density at radius 1 is 0.200 bits per heavy atom. The highest BCUT2D eigenvalue weighted by molar-refractivity contribution is 7.59. The molecule has 10 heavy (non-hydrogen) atoms. The largest absolute Gasteiger partial charge is 0.197 e. The summed E-state index contributed by atoms with van der Waals surface area (Å²) < 4.78 is 0. The molecule has 0 nitrogen and oxygen atoms in total. The van der Waals surface area contributed by atoms with Crippen molar-refractivity contribution in [1.29, 1.82) is 0 Å². The van der Waals surface area contributed by atoms with Crippen molar-refractivity contribution in [2.75, 3.05) is 0 Å². The molecule has 0 rings (SSSR count). The van der Waals surface area contributed by atoms with E-state index in [-0.39, 0.29) is 92.5 Å². The van der Waals surface area contributed by atoms with Crippen LogP contribution in [0.2, 0.25) is 0 Å². The molecule has 0 radical (unpaired) electrons. The van der Waals surface area contributed by atoms with Gasteiger partial charge in [-0.2, -0.15) is 40.5 Å². The van der Waals surface area contributed by atoms with Crippen molar-refractivity contribution in [1.82, 2.24) is 0 Å². The van der Waals surface area contributed by atoms with Crippen molar-refractivity contribution in [3.05, 3.63) is 0 Å². The van der Waals surface area contributed by atoms with Gasteiger partial charge in [-0.05, 0) is 0 Å². The number of hydrogen-bond acceptors (Lipinski definition) is 0. The van der Waals surface area contributed by atoms with Crippen molar-refractivity contribution in [2.24, 2.45) is 0 Å². The fourth-order valence-electron chi connectivity index (χ4n) is 0. The Morgan fingerprint density at radius 3 is 0.200 bits per heavy atom. The van der Waals surface area contributed by atoms with Crippen LogP contribution in [0.4, 0.5) is 0 Å². The van der Waals surface area contributed by atoms with Crippen LogP contribution in [-0.2, 0) is 0 Å². The maximum atomic E-state index is 0. The molecule has 0 heterocycles. The quantitative estimate of drug-likeness (QED) is 0.544. The van der Waals surface area contributed by atoms with Crippen LogP contribution in [0, 0.1) is 0 Å². The molecule has 0 aromatic rings. The zero-order chi connectivity index (χ0) is 0. The van der Waals surface area contributed by atoms with Gasteiger partial charge >= 0.3 is 0 Å². The van der Waals surface area contributed by atoms with E-state index in [1.807, 2.05) is 0 Å². The highest BCUT2D eigenvalue weighted by Gasteiger charge is -0.0714. The summed E-state index contributed by atoms with van der Waals surface area (Å²) in [5.74, 6) is 0. The van der Waals surface area contributed by atoms with Crippen molar-refractivity contribution in [2.45, 2.75) is 52.0 Å². The van der Waals surface area contributed by atoms with Gasteiger partial charge in [-0.15, -0.1) is 0 Å². The predicted molar refractivity (Wildman–Crippen MR) is 78.3 cm³/mol. The minimum atomic E-state index is 0. The number of hydrogen-bond donors (Lipinski definition) is 0. The summed E-state index contributed by atoms with van der Waals surface area (Å²) in [5.41, 5.74) is 0. The molecule has 0 aliphatic rings. The lowest BCUT2D eigenvalue weighted by atomic mass is 12.0. The molecule has 0 aromatic heterocycles. The van der Waals surface area contributed by atoms with Gasteiger partial charge in [0.15, 0.2) is 0 Å². The highest BCUT2D eigenvalue weighted by Crippen LogP contribution is 0.650. The molecule has 3 heteroatoms. The molecular formula is C7H34S3. The van der Waals surface area contributed by atoms with E-state index < -0.39 is 0 Å². The van der Waals surface area contributed by atoms with Crippen molar-refractivity contribution in [3.8, 4) is 0 Å². The maximum Gasteiger partial charge on any atom is -0.0776 e. The Bertz CT molecular complexity index is 8.81. The summed E-state index contributed by atoms with van der Waals surface area (Å²) in [7, 11) is 0. The first-order chi connectivity index (χ1) is 0. The first kappa shape index (κ1) is 1010. The second-order valence-corrected chi connectivity index (χ2v) is 0. The van der Waals surface area contributed by atoms with Gasteiger partial charge in [0.1, 0.15) is 0 Å². The van der Waals surface area contributed by atoms with Gasteiger partial charge in [0.05, 0.1) is 0 Å². The fourth-order valence-corrected chi connectivity index (χ4v) is 0. The lowest BCUT2D eigenvalue weighted by Gasteiger charge is -0.198. The molecule has 0 fully saturated rings. The first-order valence-electron chi connectivity index (χ1n) is 0. The van der Waals surface area contributed by atoms with E-state index in [0.29, 0.717) is 0 Å². The molecule has 0 aromatic carbocycles. The molecule has 0 amide bonds. The maximum absolute atomic E-state index is 0. The Labute approximate surface area is 92.5 Å². The van der Waals surface area contributed by atoms with E-state index in [9.17, 15) is 0 Å². The lowest BCUT2D eigenvalue weighted by Crippen LogP contribution is 0.143. The van der Waals surface area contributed by atoms with Crippen LogP contribution in [0.5, 0.6) is 0 Å². The molecule has 80 valence electrons. The molecule has 0 bridgehead atoms. The normalized spacial score (nSPS) is 0. The predicted octanol–water partition coefficient (Wildman–Crippen LogP) is 4.79. The van der Waals surface area contributed by atoms with E-state index >= 15 is 0 Å². The SMILES string of the molecule is C.C.C.C.C.C.C.S.S.S. The molecule has 0 saturated heterocycles. The van der Waals surface area contributed by atoms with E-state index in [1.165, 1.54) is 0 Å². The van der Waals surface area contributed by atoms with Crippen LogP contribution in [0.25, 0.3) is 0 Å². The summed E-state index contributed by atoms with van der Waals surface area (Å²) >= 11 is 0. The summed E-state index contributed by atoms with van der Waals surface area (Å²) in [6.45, 7) is 0. The van der Waals surface area contributed by atoms with Gasteiger partial charge in [-0.1, -0.05) is 52.0 Å². The molecular weight excluding hydrogens is 180 g/mol. The average molecular weight is 215 g/mol. The van der Waals surface area contributed by atoms with E-state index in [1.54, 1.807) is 0 Å². The zero-order valence-corrected chi connectivity index (χ0v) is 4.50. The number of rotatable bonds is 0. The van der Waals surface area contributed by atoms with Gasteiger partial charge in [-0.25, -0.2) is 0 Å². The summed E-state index contributed by atoms with van der Waals surface area (Å²) in [4.78, 5) is 0. The minimum Gasteiger partial charge on any atom is -0.197 e. The van der Waals surface area contributed by atoms with Gasteiger partial charge in [0.2, 0.25) is 0 Å². The van der Waals surface area contributed by atoms with Crippen LogP contribution in [-0.4, -0.2) is 0 Å². The van der Waals surface area contributed by atoms with E-state index in [0.717, 1.165) is 0 Å². The van der Waals surface area contributed by atoms with E-state index in [2.05, 4.69) is 0 Å². The summed E-state index contributed by atoms with van der Waals surface area (Å²) in [5, 5.41) is 0. The van der Waals surface area contributed by atoms with Crippen LogP contribution in [0.3, 0.4) is 0 Å². The third-order valence-corrected chi connectivity index (χ3v) is 0. The molecule has 0 saturated carbocycles. The minimum absolute atomic E-state index is 0. The molecule has 0 aliphatic heterocycles. The first-order valence-corrected chi connectivity index (χ1v) is 0. The van der Waals surface area contributed by atoms with Gasteiger partial charge in [0.25, 0.3) is 0 Å². The van der Waals surface area contributed by atoms with Crippen LogP contribution < -0.4 is 0 Å². The molecule has 0 N–H and O–H groups in total. The van der Waals surface area contributed by atoms with Gasteiger partial charge in [0, 0.05) is 0 Å². The average Bonchev–Trinajstić information content (AvgIpc) is 0. The third kappa shape index (κ3) is 532. The monoisotopic (exact) mass is 214 g/mol. The van der Waals surface area contributed by atoms with Crippen LogP contribution in [0.1, 0.15) is 52.0 Å². The highest BCUT2D eigenvalue weighted by atomic mass is 32.1. The third-order valence-electron chi connectivity index (χ3n) is 0. The Morgan fingerprint density at radius 2 is 0.200 bits per heavy atom. The second-order valence-electron chi connectivity index (χ2n) is 0.